The van der Waals surface area contributed by atoms with Crippen LogP contribution in [-0.2, 0) is 11.2 Å². The van der Waals surface area contributed by atoms with Crippen LogP contribution in [0.15, 0.2) is 24.3 Å². The minimum atomic E-state index is -0.634. The quantitative estimate of drug-likeness (QED) is 0.697. The lowest BCUT2D eigenvalue weighted by molar-refractivity contribution is -0.124. The third kappa shape index (κ3) is 5.02. The van der Waals surface area contributed by atoms with Crippen LogP contribution in [0.5, 0.6) is 5.75 Å². The van der Waals surface area contributed by atoms with Crippen molar-refractivity contribution in [2.24, 2.45) is 0 Å². The number of benzene rings is 1. The van der Waals surface area contributed by atoms with Crippen LogP contribution in [-0.4, -0.2) is 42.9 Å². The Balaban J connectivity index is 1.71. The van der Waals surface area contributed by atoms with Crippen molar-refractivity contribution in [1.29, 1.82) is 0 Å². The fourth-order valence-corrected chi connectivity index (χ4v) is 2.35. The predicted octanol–water partition coefficient (Wildman–Crippen LogP) is 0.857. The molecule has 0 saturated carbocycles. The Morgan fingerprint density at radius 3 is 3.14 bits per heavy atom. The zero-order valence-corrected chi connectivity index (χ0v) is 12.5. The molecule has 1 fully saturated rings. The highest BCUT2D eigenvalue weighted by Crippen LogP contribution is 2.13. The maximum absolute atomic E-state index is 11.6. The zero-order chi connectivity index (χ0) is 15.1. The molecule has 1 saturated heterocycles. The van der Waals surface area contributed by atoms with Crippen LogP contribution in [0.1, 0.15) is 25.3 Å². The first-order valence-corrected chi connectivity index (χ1v) is 7.60. The average molecular weight is 292 g/mol. The van der Waals surface area contributed by atoms with E-state index in [-0.39, 0.29) is 18.6 Å². The molecule has 1 aliphatic rings. The molecule has 0 aromatic heterocycles. The lowest BCUT2D eigenvalue weighted by atomic mass is 10.1. The third-order valence-electron chi connectivity index (χ3n) is 3.63. The number of amides is 1. The molecule has 1 amide bonds. The third-order valence-corrected chi connectivity index (χ3v) is 3.63. The molecule has 0 radical (unpaired) electrons. The number of nitrogens with one attached hydrogen (secondary N) is 2. The van der Waals surface area contributed by atoms with Crippen molar-refractivity contribution >= 4 is 5.91 Å². The van der Waals surface area contributed by atoms with Crippen LogP contribution in [0.3, 0.4) is 0 Å². The maximum Gasteiger partial charge on any atom is 0.237 e. The Labute approximate surface area is 125 Å². The Morgan fingerprint density at radius 1 is 1.52 bits per heavy atom. The van der Waals surface area contributed by atoms with Crippen molar-refractivity contribution in [3.8, 4) is 5.75 Å². The highest BCUT2D eigenvalue weighted by molar-refractivity contribution is 5.82. The van der Waals surface area contributed by atoms with E-state index in [1.54, 1.807) is 0 Å². The van der Waals surface area contributed by atoms with Gasteiger partial charge in [0.25, 0.3) is 0 Å². The molecule has 0 spiro atoms. The van der Waals surface area contributed by atoms with Gasteiger partial charge in [0, 0.05) is 13.1 Å². The number of hydrogen-bond acceptors (Lipinski definition) is 4. The van der Waals surface area contributed by atoms with E-state index in [1.165, 1.54) is 5.56 Å². The van der Waals surface area contributed by atoms with E-state index in [4.69, 9.17) is 4.74 Å². The number of piperidine rings is 1. The summed E-state index contributed by atoms with van der Waals surface area (Å²) in [5.41, 5.74) is 1.21. The van der Waals surface area contributed by atoms with Gasteiger partial charge in [-0.15, -0.1) is 0 Å². The Bertz CT molecular complexity index is 465. The van der Waals surface area contributed by atoms with Gasteiger partial charge in [-0.05, 0) is 37.0 Å². The second kappa shape index (κ2) is 8.00. The lowest BCUT2D eigenvalue weighted by Gasteiger charge is -2.24. The van der Waals surface area contributed by atoms with E-state index >= 15 is 0 Å². The number of carbonyl (C=O) groups excluding carboxylic acids is 1. The smallest absolute Gasteiger partial charge is 0.237 e. The fraction of sp³-hybridized carbons (Fsp3) is 0.562. The SMILES string of the molecule is CCc1cccc(OCC(O)CNC2CCCNC2=O)c1. The topological polar surface area (TPSA) is 70.6 Å². The molecule has 5 heteroatoms. The molecule has 1 aliphatic heterocycles. The molecule has 0 aliphatic carbocycles. The van der Waals surface area contributed by atoms with Crippen LogP contribution in [0, 0.1) is 0 Å². The van der Waals surface area contributed by atoms with E-state index in [1.807, 2.05) is 24.3 Å². The molecule has 1 aromatic carbocycles. The molecule has 2 rings (SSSR count). The minimum Gasteiger partial charge on any atom is -0.491 e. The van der Waals surface area contributed by atoms with Gasteiger partial charge >= 0.3 is 0 Å². The largest absolute Gasteiger partial charge is 0.491 e. The van der Waals surface area contributed by atoms with Gasteiger partial charge in [-0.25, -0.2) is 0 Å². The van der Waals surface area contributed by atoms with Crippen LogP contribution in [0.25, 0.3) is 0 Å². The highest BCUT2D eigenvalue weighted by atomic mass is 16.5. The molecule has 2 unspecified atom stereocenters. The summed E-state index contributed by atoms with van der Waals surface area (Å²) >= 11 is 0. The van der Waals surface area contributed by atoms with Crippen molar-refractivity contribution in [2.75, 3.05) is 19.7 Å². The first-order chi connectivity index (χ1) is 10.2. The second-order valence-electron chi connectivity index (χ2n) is 5.36. The van der Waals surface area contributed by atoms with E-state index < -0.39 is 6.10 Å². The molecule has 2 atom stereocenters. The van der Waals surface area contributed by atoms with Crippen molar-refractivity contribution in [1.82, 2.24) is 10.6 Å². The summed E-state index contributed by atoms with van der Waals surface area (Å²) < 4.78 is 5.59. The summed E-state index contributed by atoms with van der Waals surface area (Å²) in [6.07, 6.45) is 2.11. The average Bonchev–Trinajstić information content (AvgIpc) is 2.52. The Morgan fingerprint density at radius 2 is 2.38 bits per heavy atom. The summed E-state index contributed by atoms with van der Waals surface area (Å²) in [7, 11) is 0. The van der Waals surface area contributed by atoms with Gasteiger partial charge in [-0.2, -0.15) is 0 Å². The van der Waals surface area contributed by atoms with E-state index in [2.05, 4.69) is 17.6 Å². The van der Waals surface area contributed by atoms with Crippen LogP contribution in [0.4, 0.5) is 0 Å². The second-order valence-corrected chi connectivity index (χ2v) is 5.36. The summed E-state index contributed by atoms with van der Waals surface area (Å²) in [6.45, 7) is 3.41. The molecule has 116 valence electrons. The summed E-state index contributed by atoms with van der Waals surface area (Å²) in [4.78, 5) is 11.6. The van der Waals surface area contributed by atoms with Gasteiger partial charge in [0.1, 0.15) is 18.5 Å². The lowest BCUT2D eigenvalue weighted by Crippen LogP contribution is -2.50. The standard InChI is InChI=1S/C16H24N2O3/c1-2-12-5-3-6-14(9-12)21-11-13(19)10-18-15-7-4-8-17-16(15)20/h3,5-6,9,13,15,18-19H,2,4,7-8,10-11H2,1H3,(H,17,20). The van der Waals surface area contributed by atoms with Crippen LogP contribution >= 0.6 is 0 Å². The van der Waals surface area contributed by atoms with Gasteiger partial charge in [0.05, 0.1) is 6.04 Å². The number of rotatable bonds is 7. The van der Waals surface area contributed by atoms with Gasteiger partial charge in [0.2, 0.25) is 5.91 Å². The summed E-state index contributed by atoms with van der Waals surface area (Å²) in [5, 5.41) is 15.8. The molecule has 3 N–H and O–H groups in total. The number of carbonyl (C=O) groups is 1. The van der Waals surface area contributed by atoms with Gasteiger partial charge in [-0.1, -0.05) is 19.1 Å². The normalized spacial score (nSPS) is 19.9. The van der Waals surface area contributed by atoms with Gasteiger partial charge < -0.3 is 20.5 Å². The van der Waals surface area contributed by atoms with Crippen molar-refractivity contribution in [2.45, 2.75) is 38.3 Å². The van der Waals surface area contributed by atoms with Crippen LogP contribution in [0.2, 0.25) is 0 Å². The molecule has 1 heterocycles. The monoisotopic (exact) mass is 292 g/mol. The molecule has 0 bridgehead atoms. The molecular weight excluding hydrogens is 268 g/mol. The zero-order valence-electron chi connectivity index (χ0n) is 12.5. The molecule has 1 aromatic rings. The number of aliphatic hydroxyl groups excluding tert-OH is 1. The van der Waals surface area contributed by atoms with E-state index in [9.17, 15) is 9.90 Å². The summed E-state index contributed by atoms with van der Waals surface area (Å²) in [6, 6.07) is 7.66. The van der Waals surface area contributed by atoms with Gasteiger partial charge in [-0.3, -0.25) is 4.79 Å². The van der Waals surface area contributed by atoms with E-state index in [0.29, 0.717) is 6.54 Å². The van der Waals surface area contributed by atoms with Gasteiger partial charge in [0.15, 0.2) is 0 Å². The number of ether oxygens (including phenoxy) is 1. The molecule has 5 nitrogen and oxygen atoms in total. The summed E-state index contributed by atoms with van der Waals surface area (Å²) in [5.74, 6) is 0.786. The number of hydrogen-bond donors (Lipinski definition) is 3. The maximum atomic E-state index is 11.6. The highest BCUT2D eigenvalue weighted by Gasteiger charge is 2.21. The predicted molar refractivity (Wildman–Crippen MR) is 81.4 cm³/mol. The first-order valence-electron chi connectivity index (χ1n) is 7.60. The Kier molecular flexibility index (Phi) is 6.02. The minimum absolute atomic E-state index is 0.0185. The fourth-order valence-electron chi connectivity index (χ4n) is 2.35. The number of aliphatic hydroxyl groups is 1. The van der Waals surface area contributed by atoms with Crippen LogP contribution < -0.4 is 15.4 Å². The molecule has 21 heavy (non-hydrogen) atoms. The van der Waals surface area contributed by atoms with E-state index in [0.717, 1.165) is 31.6 Å². The number of aryl methyl sites for hydroxylation is 1. The molecular formula is C16H24N2O3. The first kappa shape index (κ1) is 15.8. The van der Waals surface area contributed by atoms with Crippen molar-refractivity contribution in [3.05, 3.63) is 29.8 Å². The van der Waals surface area contributed by atoms with Crippen molar-refractivity contribution < 1.29 is 14.6 Å². The van der Waals surface area contributed by atoms with Crippen molar-refractivity contribution in [3.63, 3.8) is 0 Å². The Hall–Kier alpha value is -1.59.